The first kappa shape index (κ1) is 12.1. The van der Waals surface area contributed by atoms with Gasteiger partial charge in [0.25, 0.3) is 0 Å². The Balaban J connectivity index is 2.34. The van der Waals surface area contributed by atoms with Crippen LogP contribution in [0.25, 0.3) is 21.3 Å². The maximum Gasteiger partial charge on any atom is 0.151 e. The Morgan fingerprint density at radius 2 is 1.95 bits per heavy atom. The average molecular weight is 295 g/mol. The number of benzene rings is 1. The van der Waals surface area contributed by atoms with Gasteiger partial charge in [-0.2, -0.15) is 0 Å². The van der Waals surface area contributed by atoms with Crippen molar-refractivity contribution in [3.8, 4) is 11.1 Å². The minimum atomic E-state index is -0.565. The SMILES string of the molecule is Nc1ccc(-c2csc3ncnc(N)c23)c(F)c1Cl. The summed E-state index contributed by atoms with van der Waals surface area (Å²) in [5.41, 5.74) is 12.6. The Bertz CT molecular complexity index is 787. The van der Waals surface area contributed by atoms with Crippen molar-refractivity contribution in [1.29, 1.82) is 0 Å². The number of halogens is 2. The number of thiophene rings is 1. The van der Waals surface area contributed by atoms with Crippen LogP contribution in [0, 0.1) is 5.82 Å². The van der Waals surface area contributed by atoms with Gasteiger partial charge < -0.3 is 11.5 Å². The fourth-order valence-corrected chi connectivity index (χ4v) is 2.95. The molecule has 0 spiro atoms. The maximum absolute atomic E-state index is 14.2. The van der Waals surface area contributed by atoms with E-state index >= 15 is 0 Å². The summed E-state index contributed by atoms with van der Waals surface area (Å²) in [6.45, 7) is 0. The highest BCUT2D eigenvalue weighted by Crippen LogP contribution is 2.39. The van der Waals surface area contributed by atoms with Gasteiger partial charge in [-0.15, -0.1) is 11.3 Å². The molecule has 0 aliphatic carbocycles. The Hall–Kier alpha value is -1.92. The second-order valence-electron chi connectivity index (χ2n) is 3.92. The van der Waals surface area contributed by atoms with Gasteiger partial charge in [-0.25, -0.2) is 14.4 Å². The minimum Gasteiger partial charge on any atom is -0.397 e. The average Bonchev–Trinajstić information content (AvgIpc) is 2.82. The Morgan fingerprint density at radius 1 is 1.16 bits per heavy atom. The van der Waals surface area contributed by atoms with Crippen LogP contribution in [0.15, 0.2) is 23.8 Å². The molecule has 0 saturated carbocycles. The molecule has 0 bridgehead atoms. The molecule has 3 rings (SSSR count). The van der Waals surface area contributed by atoms with E-state index in [2.05, 4.69) is 9.97 Å². The van der Waals surface area contributed by atoms with Gasteiger partial charge in [0.05, 0.1) is 16.1 Å². The van der Waals surface area contributed by atoms with Gasteiger partial charge in [-0.05, 0) is 12.1 Å². The molecular weight excluding hydrogens is 287 g/mol. The summed E-state index contributed by atoms with van der Waals surface area (Å²) in [5.74, 6) is -0.252. The van der Waals surface area contributed by atoms with Crippen molar-refractivity contribution in [3.63, 3.8) is 0 Å². The number of hydrogen-bond donors (Lipinski definition) is 2. The summed E-state index contributed by atoms with van der Waals surface area (Å²) < 4.78 is 14.2. The molecule has 0 saturated heterocycles. The summed E-state index contributed by atoms with van der Waals surface area (Å²) >= 11 is 7.20. The van der Waals surface area contributed by atoms with Crippen LogP contribution in [0.2, 0.25) is 5.02 Å². The van der Waals surface area contributed by atoms with Crippen LogP contribution >= 0.6 is 22.9 Å². The van der Waals surface area contributed by atoms with Crippen LogP contribution in [0.5, 0.6) is 0 Å². The van der Waals surface area contributed by atoms with Crippen LogP contribution < -0.4 is 11.5 Å². The molecule has 0 fully saturated rings. The first-order valence-corrected chi connectivity index (χ1v) is 6.57. The van der Waals surface area contributed by atoms with E-state index in [1.54, 1.807) is 17.5 Å². The fourth-order valence-electron chi connectivity index (χ4n) is 1.87. The normalized spacial score (nSPS) is 11.1. The molecule has 2 heterocycles. The van der Waals surface area contributed by atoms with Crippen LogP contribution in [0.3, 0.4) is 0 Å². The zero-order chi connectivity index (χ0) is 13.6. The smallest absolute Gasteiger partial charge is 0.151 e. The Kier molecular flexibility index (Phi) is 2.76. The first-order valence-electron chi connectivity index (χ1n) is 5.31. The topological polar surface area (TPSA) is 77.8 Å². The first-order chi connectivity index (χ1) is 9.09. The van der Waals surface area contributed by atoms with Crippen molar-refractivity contribution in [2.75, 3.05) is 11.5 Å². The van der Waals surface area contributed by atoms with Crippen LogP contribution in [0.4, 0.5) is 15.9 Å². The Morgan fingerprint density at radius 3 is 2.74 bits per heavy atom. The predicted octanol–water partition coefficient (Wildman–Crippen LogP) is 3.32. The van der Waals surface area contributed by atoms with E-state index in [1.807, 2.05) is 0 Å². The number of aromatic nitrogens is 2. The van der Waals surface area contributed by atoms with Crippen molar-refractivity contribution in [1.82, 2.24) is 9.97 Å². The highest BCUT2D eigenvalue weighted by atomic mass is 35.5. The lowest BCUT2D eigenvalue weighted by Crippen LogP contribution is -1.94. The number of nitrogens with two attached hydrogens (primary N) is 2. The molecule has 4 nitrogen and oxygen atoms in total. The number of fused-ring (bicyclic) bond motifs is 1. The molecule has 0 amide bonds. The standard InChI is InChI=1S/C12H8ClFN4S/c13-9-7(15)2-1-5(10(9)14)6-3-19-12-8(6)11(16)17-4-18-12/h1-4H,15H2,(H2,16,17,18). The van der Waals surface area contributed by atoms with Crippen LogP contribution in [0.1, 0.15) is 0 Å². The molecule has 3 aromatic rings. The van der Waals surface area contributed by atoms with Crippen molar-refractivity contribution in [2.24, 2.45) is 0 Å². The second-order valence-corrected chi connectivity index (χ2v) is 5.15. The minimum absolute atomic E-state index is 0.0905. The zero-order valence-corrected chi connectivity index (χ0v) is 11.1. The molecule has 96 valence electrons. The van der Waals surface area contributed by atoms with Gasteiger partial charge in [0, 0.05) is 16.5 Å². The van der Waals surface area contributed by atoms with Gasteiger partial charge in [-0.3, -0.25) is 0 Å². The van der Waals surface area contributed by atoms with Crippen molar-refractivity contribution in [3.05, 3.63) is 34.7 Å². The van der Waals surface area contributed by atoms with E-state index in [-0.39, 0.29) is 10.7 Å². The molecular formula is C12H8ClFN4S. The summed E-state index contributed by atoms with van der Waals surface area (Å²) in [4.78, 5) is 8.74. The number of hydrogen-bond acceptors (Lipinski definition) is 5. The van der Waals surface area contributed by atoms with Gasteiger partial charge in [0.2, 0.25) is 0 Å². The van der Waals surface area contributed by atoms with Crippen molar-refractivity contribution < 1.29 is 4.39 Å². The van der Waals surface area contributed by atoms with E-state index in [9.17, 15) is 4.39 Å². The third kappa shape index (κ3) is 1.80. The van der Waals surface area contributed by atoms with E-state index < -0.39 is 5.82 Å². The summed E-state index contributed by atoms with van der Waals surface area (Å²) in [5, 5.41) is 2.32. The Labute approximate surface area is 116 Å². The molecule has 0 unspecified atom stereocenters. The molecule has 19 heavy (non-hydrogen) atoms. The van der Waals surface area contributed by atoms with Gasteiger partial charge in [0.1, 0.15) is 17.0 Å². The molecule has 0 aliphatic heterocycles. The summed E-state index contributed by atoms with van der Waals surface area (Å²) in [7, 11) is 0. The van der Waals surface area contributed by atoms with E-state index in [0.29, 0.717) is 27.2 Å². The van der Waals surface area contributed by atoms with Crippen molar-refractivity contribution in [2.45, 2.75) is 0 Å². The molecule has 7 heteroatoms. The summed E-state index contributed by atoms with van der Waals surface area (Å²) in [6, 6.07) is 3.13. The monoisotopic (exact) mass is 294 g/mol. The molecule has 0 atom stereocenters. The lowest BCUT2D eigenvalue weighted by Gasteiger charge is -2.06. The molecule has 1 aromatic carbocycles. The molecule has 0 radical (unpaired) electrons. The van der Waals surface area contributed by atoms with E-state index in [0.717, 1.165) is 0 Å². The van der Waals surface area contributed by atoms with Gasteiger partial charge in [-0.1, -0.05) is 11.6 Å². The number of nitrogens with zero attached hydrogens (tertiary/aromatic N) is 2. The lowest BCUT2D eigenvalue weighted by atomic mass is 10.0. The molecule has 2 aromatic heterocycles. The van der Waals surface area contributed by atoms with Gasteiger partial charge >= 0.3 is 0 Å². The van der Waals surface area contributed by atoms with Gasteiger partial charge in [0.15, 0.2) is 5.82 Å². The van der Waals surface area contributed by atoms with Crippen LogP contribution in [-0.4, -0.2) is 9.97 Å². The second kappa shape index (κ2) is 4.32. The third-order valence-corrected chi connectivity index (χ3v) is 4.07. The number of nitrogen functional groups attached to an aromatic ring is 2. The van der Waals surface area contributed by atoms with Crippen LogP contribution in [-0.2, 0) is 0 Å². The summed E-state index contributed by atoms with van der Waals surface area (Å²) in [6.07, 6.45) is 1.38. The molecule has 0 aliphatic rings. The van der Waals surface area contributed by atoms with E-state index in [4.69, 9.17) is 23.1 Å². The quantitative estimate of drug-likeness (QED) is 0.675. The highest BCUT2D eigenvalue weighted by Gasteiger charge is 2.17. The maximum atomic E-state index is 14.2. The largest absolute Gasteiger partial charge is 0.397 e. The highest BCUT2D eigenvalue weighted by molar-refractivity contribution is 7.17. The van der Waals surface area contributed by atoms with Crippen molar-refractivity contribution >= 4 is 44.7 Å². The third-order valence-electron chi connectivity index (χ3n) is 2.80. The zero-order valence-electron chi connectivity index (χ0n) is 9.52. The number of anilines is 2. The molecule has 4 N–H and O–H groups in total. The lowest BCUT2D eigenvalue weighted by molar-refractivity contribution is 0.632. The fraction of sp³-hybridized carbons (Fsp3) is 0. The number of rotatable bonds is 1. The predicted molar refractivity (Wildman–Crippen MR) is 76.6 cm³/mol. The van der Waals surface area contributed by atoms with E-state index in [1.165, 1.54) is 17.7 Å².